The number of hydrogen-bond donors (Lipinski definition) is 1. The Bertz CT molecular complexity index is 611. The lowest BCUT2D eigenvalue weighted by Gasteiger charge is -2.23. The Hall–Kier alpha value is -0.910. The van der Waals surface area contributed by atoms with Crippen LogP contribution in [0.5, 0.6) is 0 Å². The second kappa shape index (κ2) is 5.47. The summed E-state index contributed by atoms with van der Waals surface area (Å²) >= 11 is 0. The first-order chi connectivity index (χ1) is 9.27. The normalized spacial score (nSPS) is 24.2. The average Bonchev–Trinajstić information content (AvgIpc) is 2.72. The minimum atomic E-state index is -3.43. The minimum absolute atomic E-state index is 0.0660. The quantitative estimate of drug-likeness (QED) is 0.930. The van der Waals surface area contributed by atoms with Crippen molar-refractivity contribution in [1.29, 1.82) is 0 Å². The summed E-state index contributed by atoms with van der Waals surface area (Å²) in [7, 11) is -3.43. The molecule has 4 nitrogen and oxygen atoms in total. The average molecular weight is 296 g/mol. The largest absolute Gasteiger partial charge is 0.326 e. The van der Waals surface area contributed by atoms with Gasteiger partial charge >= 0.3 is 0 Å². The summed E-state index contributed by atoms with van der Waals surface area (Å²) in [6.07, 6.45) is 0.924. The van der Waals surface area contributed by atoms with Crippen molar-refractivity contribution in [3.8, 4) is 0 Å². The van der Waals surface area contributed by atoms with Crippen molar-refractivity contribution >= 4 is 10.0 Å². The molecule has 2 unspecified atom stereocenters. The van der Waals surface area contributed by atoms with Gasteiger partial charge in [-0.2, -0.15) is 4.31 Å². The number of nitrogens with zero attached hydrogens (tertiary/aromatic N) is 1. The van der Waals surface area contributed by atoms with Gasteiger partial charge in [0.25, 0.3) is 0 Å². The summed E-state index contributed by atoms with van der Waals surface area (Å²) in [4.78, 5) is 0.416. The molecular formula is C15H24N2O2S. The van der Waals surface area contributed by atoms with Crippen molar-refractivity contribution in [2.75, 3.05) is 6.54 Å². The summed E-state index contributed by atoms with van der Waals surface area (Å²) in [5.74, 6) is 0.416. The van der Waals surface area contributed by atoms with Crippen LogP contribution < -0.4 is 5.73 Å². The maximum absolute atomic E-state index is 12.9. The Labute approximate surface area is 122 Å². The summed E-state index contributed by atoms with van der Waals surface area (Å²) in [5, 5.41) is 0. The van der Waals surface area contributed by atoms with Gasteiger partial charge in [-0.05, 0) is 55.9 Å². The van der Waals surface area contributed by atoms with E-state index in [4.69, 9.17) is 5.73 Å². The number of hydrogen-bond acceptors (Lipinski definition) is 3. The fourth-order valence-electron chi connectivity index (χ4n) is 3.01. The van der Waals surface area contributed by atoms with Gasteiger partial charge in [0.1, 0.15) is 0 Å². The fourth-order valence-corrected chi connectivity index (χ4v) is 5.12. The van der Waals surface area contributed by atoms with Gasteiger partial charge in [-0.25, -0.2) is 8.42 Å². The zero-order chi connectivity index (χ0) is 15.1. The van der Waals surface area contributed by atoms with E-state index in [1.54, 1.807) is 10.4 Å². The molecule has 0 saturated carbocycles. The summed E-state index contributed by atoms with van der Waals surface area (Å²) in [5.41, 5.74) is 8.35. The van der Waals surface area contributed by atoms with Crippen LogP contribution >= 0.6 is 0 Å². The Morgan fingerprint density at radius 2 is 1.95 bits per heavy atom. The van der Waals surface area contributed by atoms with E-state index in [1.165, 1.54) is 0 Å². The van der Waals surface area contributed by atoms with E-state index in [-0.39, 0.29) is 6.04 Å². The van der Waals surface area contributed by atoms with Crippen molar-refractivity contribution in [1.82, 2.24) is 4.31 Å². The SMILES string of the molecule is Cc1cc(CN)cc(S(=O)(=O)N2CC(C)CC2C)c1C. The van der Waals surface area contributed by atoms with Crippen LogP contribution in [0, 0.1) is 19.8 Å². The predicted octanol–water partition coefficient (Wildman–Crippen LogP) is 2.18. The van der Waals surface area contributed by atoms with Crippen molar-refractivity contribution in [3.05, 3.63) is 28.8 Å². The number of aryl methyl sites for hydroxylation is 1. The lowest BCUT2D eigenvalue weighted by atomic mass is 10.1. The molecule has 1 aromatic carbocycles. The molecule has 1 saturated heterocycles. The highest BCUT2D eigenvalue weighted by Crippen LogP contribution is 2.31. The zero-order valence-corrected chi connectivity index (χ0v) is 13.5. The van der Waals surface area contributed by atoms with Crippen LogP contribution in [-0.4, -0.2) is 25.3 Å². The molecule has 1 heterocycles. The van der Waals surface area contributed by atoms with Gasteiger partial charge in [0.05, 0.1) is 4.90 Å². The van der Waals surface area contributed by atoms with E-state index in [1.807, 2.05) is 26.8 Å². The molecular weight excluding hydrogens is 272 g/mol. The molecule has 0 radical (unpaired) electrons. The van der Waals surface area contributed by atoms with Crippen LogP contribution in [0.4, 0.5) is 0 Å². The number of rotatable bonds is 3. The predicted molar refractivity (Wildman–Crippen MR) is 80.9 cm³/mol. The van der Waals surface area contributed by atoms with Crippen LogP contribution in [-0.2, 0) is 16.6 Å². The number of nitrogens with two attached hydrogens (primary N) is 1. The molecule has 2 N–H and O–H groups in total. The second-order valence-electron chi connectivity index (χ2n) is 6.00. The molecule has 1 aromatic rings. The molecule has 1 aliphatic heterocycles. The molecule has 0 aliphatic carbocycles. The van der Waals surface area contributed by atoms with E-state index >= 15 is 0 Å². The minimum Gasteiger partial charge on any atom is -0.326 e. The van der Waals surface area contributed by atoms with Crippen LogP contribution in [0.15, 0.2) is 17.0 Å². The van der Waals surface area contributed by atoms with Gasteiger partial charge in [0.2, 0.25) is 10.0 Å². The van der Waals surface area contributed by atoms with Crippen molar-refractivity contribution in [3.63, 3.8) is 0 Å². The Morgan fingerprint density at radius 1 is 1.30 bits per heavy atom. The van der Waals surface area contributed by atoms with Crippen LogP contribution in [0.1, 0.15) is 37.0 Å². The molecule has 0 aromatic heterocycles. The third-order valence-corrected chi connectivity index (χ3v) is 6.33. The smallest absolute Gasteiger partial charge is 0.243 e. The Kier molecular flexibility index (Phi) is 4.23. The first-order valence-electron chi connectivity index (χ1n) is 7.09. The topological polar surface area (TPSA) is 63.4 Å². The monoisotopic (exact) mass is 296 g/mol. The maximum atomic E-state index is 12.9. The lowest BCUT2D eigenvalue weighted by Crippen LogP contribution is -2.34. The highest BCUT2D eigenvalue weighted by atomic mass is 32.2. The third-order valence-electron chi connectivity index (χ3n) is 4.23. The van der Waals surface area contributed by atoms with Crippen LogP contribution in [0.25, 0.3) is 0 Å². The number of sulfonamides is 1. The molecule has 5 heteroatoms. The molecule has 1 aliphatic rings. The highest BCUT2D eigenvalue weighted by Gasteiger charge is 2.37. The van der Waals surface area contributed by atoms with E-state index in [2.05, 4.69) is 6.92 Å². The van der Waals surface area contributed by atoms with Crippen LogP contribution in [0.3, 0.4) is 0 Å². The maximum Gasteiger partial charge on any atom is 0.243 e. The van der Waals surface area contributed by atoms with E-state index in [9.17, 15) is 8.42 Å². The number of benzene rings is 1. The molecule has 112 valence electrons. The van der Waals surface area contributed by atoms with Crippen LogP contribution in [0.2, 0.25) is 0 Å². The fraction of sp³-hybridized carbons (Fsp3) is 0.600. The second-order valence-corrected chi connectivity index (χ2v) is 7.86. The Balaban J connectivity index is 2.52. The first kappa shape index (κ1) is 15.5. The van der Waals surface area contributed by atoms with E-state index in [0.29, 0.717) is 23.9 Å². The highest BCUT2D eigenvalue weighted by molar-refractivity contribution is 7.89. The van der Waals surface area contributed by atoms with Crippen molar-refractivity contribution in [2.24, 2.45) is 11.7 Å². The standard InChI is InChI=1S/C15H24N2O2S/c1-10-5-12(3)17(9-10)20(18,19)15-7-14(8-16)6-11(2)13(15)4/h6-7,10,12H,5,8-9,16H2,1-4H3. The summed E-state index contributed by atoms with van der Waals surface area (Å²) < 4.78 is 27.5. The Morgan fingerprint density at radius 3 is 2.45 bits per heavy atom. The third kappa shape index (κ3) is 2.62. The molecule has 0 spiro atoms. The molecule has 0 amide bonds. The molecule has 20 heavy (non-hydrogen) atoms. The van der Waals surface area contributed by atoms with Gasteiger partial charge in [0, 0.05) is 19.1 Å². The lowest BCUT2D eigenvalue weighted by molar-refractivity contribution is 0.405. The van der Waals surface area contributed by atoms with Gasteiger partial charge in [-0.3, -0.25) is 0 Å². The van der Waals surface area contributed by atoms with Gasteiger partial charge in [-0.15, -0.1) is 0 Å². The summed E-state index contributed by atoms with van der Waals surface area (Å²) in [6.45, 7) is 8.84. The molecule has 1 fully saturated rings. The van der Waals surface area contributed by atoms with Crippen molar-refractivity contribution < 1.29 is 8.42 Å². The van der Waals surface area contributed by atoms with Gasteiger partial charge in [0.15, 0.2) is 0 Å². The molecule has 2 atom stereocenters. The van der Waals surface area contributed by atoms with Gasteiger partial charge < -0.3 is 5.73 Å². The summed E-state index contributed by atoms with van der Waals surface area (Å²) in [6, 6.07) is 3.76. The first-order valence-corrected chi connectivity index (χ1v) is 8.53. The van der Waals surface area contributed by atoms with Crippen molar-refractivity contribution in [2.45, 2.75) is 51.6 Å². The van der Waals surface area contributed by atoms with Gasteiger partial charge in [-0.1, -0.05) is 13.0 Å². The molecule has 2 rings (SSSR count). The molecule has 0 bridgehead atoms. The van der Waals surface area contributed by atoms with E-state index in [0.717, 1.165) is 23.1 Å². The zero-order valence-electron chi connectivity index (χ0n) is 12.7. The van der Waals surface area contributed by atoms with E-state index < -0.39 is 10.0 Å².